The van der Waals surface area contributed by atoms with Gasteiger partial charge in [0.2, 0.25) is 0 Å². The number of benzene rings is 1. The first-order valence-corrected chi connectivity index (χ1v) is 9.99. The van der Waals surface area contributed by atoms with Gasteiger partial charge in [0.05, 0.1) is 5.02 Å². The van der Waals surface area contributed by atoms with Gasteiger partial charge in [-0.2, -0.15) is 0 Å². The standard InChI is InChI=1S/C18H16Cl2N4O2S/c19-12-3-4-15(13(20)10-12)26-11-16(25)23-6-8-24(9-7-23)18-22-14-2-1-5-21-17(14)27-18/h1-5,10H,6-9,11H2. The summed E-state index contributed by atoms with van der Waals surface area (Å²) >= 11 is 13.5. The molecule has 1 aliphatic rings. The zero-order valence-electron chi connectivity index (χ0n) is 14.3. The molecule has 1 fully saturated rings. The fraction of sp³-hybridized carbons (Fsp3) is 0.278. The van der Waals surface area contributed by atoms with Gasteiger partial charge in [-0.15, -0.1) is 0 Å². The van der Waals surface area contributed by atoms with Gasteiger partial charge >= 0.3 is 0 Å². The van der Waals surface area contributed by atoms with Gasteiger partial charge in [-0.25, -0.2) is 9.97 Å². The highest BCUT2D eigenvalue weighted by Gasteiger charge is 2.23. The van der Waals surface area contributed by atoms with E-state index in [4.69, 9.17) is 27.9 Å². The number of carbonyl (C=O) groups is 1. The maximum absolute atomic E-state index is 12.4. The second kappa shape index (κ2) is 7.88. The van der Waals surface area contributed by atoms with Crippen molar-refractivity contribution >= 4 is 55.9 Å². The van der Waals surface area contributed by atoms with E-state index in [0.717, 1.165) is 28.6 Å². The van der Waals surface area contributed by atoms with Crippen molar-refractivity contribution in [3.05, 3.63) is 46.6 Å². The smallest absolute Gasteiger partial charge is 0.260 e. The van der Waals surface area contributed by atoms with Crippen molar-refractivity contribution in [2.24, 2.45) is 0 Å². The molecular formula is C18H16Cl2N4O2S. The van der Waals surface area contributed by atoms with Crippen molar-refractivity contribution < 1.29 is 9.53 Å². The number of rotatable bonds is 4. The number of aromatic nitrogens is 2. The Balaban J connectivity index is 1.32. The number of thiazole rings is 1. The molecule has 0 spiro atoms. The monoisotopic (exact) mass is 422 g/mol. The van der Waals surface area contributed by atoms with Crippen molar-refractivity contribution in [3.8, 4) is 5.75 Å². The summed E-state index contributed by atoms with van der Waals surface area (Å²) in [4.78, 5) is 26.3. The highest BCUT2D eigenvalue weighted by atomic mass is 35.5. The van der Waals surface area contributed by atoms with Crippen molar-refractivity contribution in [3.63, 3.8) is 0 Å². The van der Waals surface area contributed by atoms with Crippen molar-refractivity contribution in [2.75, 3.05) is 37.7 Å². The molecule has 6 nitrogen and oxygen atoms in total. The minimum atomic E-state index is -0.0633. The predicted molar refractivity (Wildman–Crippen MR) is 108 cm³/mol. The minimum Gasteiger partial charge on any atom is -0.482 e. The maximum atomic E-state index is 12.4. The van der Waals surface area contributed by atoms with Crippen LogP contribution in [0.2, 0.25) is 10.0 Å². The fourth-order valence-corrected chi connectivity index (χ4v) is 4.29. The van der Waals surface area contributed by atoms with E-state index in [1.54, 1.807) is 40.6 Å². The molecule has 9 heteroatoms. The molecule has 0 saturated carbocycles. The van der Waals surface area contributed by atoms with Crippen molar-refractivity contribution in [1.82, 2.24) is 14.9 Å². The summed E-state index contributed by atoms with van der Waals surface area (Å²) in [5, 5.41) is 1.87. The topological polar surface area (TPSA) is 58.6 Å². The van der Waals surface area contributed by atoms with Gasteiger partial charge in [0, 0.05) is 37.4 Å². The molecule has 0 atom stereocenters. The average molecular weight is 423 g/mol. The van der Waals surface area contributed by atoms with Crippen LogP contribution >= 0.6 is 34.5 Å². The molecular weight excluding hydrogens is 407 g/mol. The number of hydrogen-bond acceptors (Lipinski definition) is 6. The highest BCUT2D eigenvalue weighted by molar-refractivity contribution is 7.21. The second-order valence-electron chi connectivity index (χ2n) is 6.06. The summed E-state index contributed by atoms with van der Waals surface area (Å²) in [7, 11) is 0. The maximum Gasteiger partial charge on any atom is 0.260 e. The first-order chi connectivity index (χ1) is 13.1. The van der Waals surface area contributed by atoms with Crippen LogP contribution in [-0.4, -0.2) is 53.6 Å². The van der Waals surface area contributed by atoms with Crippen LogP contribution in [0.15, 0.2) is 36.5 Å². The van der Waals surface area contributed by atoms with Gasteiger partial charge in [0.1, 0.15) is 16.1 Å². The van der Waals surface area contributed by atoms with Gasteiger partial charge in [-0.05, 0) is 30.3 Å². The van der Waals surface area contributed by atoms with Crippen LogP contribution in [0.3, 0.4) is 0 Å². The molecule has 1 aromatic carbocycles. The molecule has 1 amide bonds. The third-order valence-electron chi connectivity index (χ3n) is 4.30. The quantitative estimate of drug-likeness (QED) is 0.640. The van der Waals surface area contributed by atoms with Gasteiger partial charge in [-0.1, -0.05) is 34.5 Å². The average Bonchev–Trinajstić information content (AvgIpc) is 3.11. The molecule has 27 heavy (non-hydrogen) atoms. The molecule has 140 valence electrons. The molecule has 4 rings (SSSR count). The predicted octanol–water partition coefficient (Wildman–Crippen LogP) is 3.73. The highest BCUT2D eigenvalue weighted by Crippen LogP contribution is 2.29. The molecule has 1 aliphatic heterocycles. The van der Waals surface area contributed by atoms with Crippen molar-refractivity contribution in [1.29, 1.82) is 0 Å². The van der Waals surface area contributed by atoms with Gasteiger partial charge < -0.3 is 14.5 Å². The van der Waals surface area contributed by atoms with Crippen LogP contribution in [0.25, 0.3) is 10.3 Å². The number of carbonyl (C=O) groups excluding carboxylic acids is 1. The SMILES string of the molecule is O=C(COc1ccc(Cl)cc1Cl)N1CCN(c2nc3cccnc3s2)CC1. The molecule has 0 radical (unpaired) electrons. The number of pyridine rings is 1. The van der Waals surface area contributed by atoms with E-state index >= 15 is 0 Å². The van der Waals surface area contributed by atoms with E-state index in [1.165, 1.54) is 0 Å². The summed E-state index contributed by atoms with van der Waals surface area (Å²) in [6, 6.07) is 8.78. The van der Waals surface area contributed by atoms with Gasteiger partial charge in [0.15, 0.2) is 11.7 Å². The van der Waals surface area contributed by atoms with Crippen LogP contribution < -0.4 is 9.64 Å². The lowest BCUT2D eigenvalue weighted by Crippen LogP contribution is -2.50. The number of amides is 1. The van der Waals surface area contributed by atoms with E-state index in [1.807, 2.05) is 12.1 Å². The lowest BCUT2D eigenvalue weighted by molar-refractivity contribution is -0.133. The Kier molecular flexibility index (Phi) is 5.33. The van der Waals surface area contributed by atoms with E-state index in [9.17, 15) is 4.79 Å². The number of ether oxygens (including phenoxy) is 1. The second-order valence-corrected chi connectivity index (χ2v) is 7.85. The summed E-state index contributed by atoms with van der Waals surface area (Å²) in [5.74, 6) is 0.390. The third-order valence-corrected chi connectivity index (χ3v) is 5.87. The molecule has 1 saturated heterocycles. The van der Waals surface area contributed by atoms with Crippen LogP contribution in [0.5, 0.6) is 5.75 Å². The first kappa shape index (κ1) is 18.3. The van der Waals surface area contributed by atoms with Crippen LogP contribution in [0.4, 0.5) is 5.13 Å². The Bertz CT molecular complexity index is 940. The van der Waals surface area contributed by atoms with Gasteiger partial charge in [-0.3, -0.25) is 4.79 Å². The van der Waals surface area contributed by atoms with E-state index in [-0.39, 0.29) is 12.5 Å². The molecule has 2 aromatic heterocycles. The summed E-state index contributed by atoms with van der Waals surface area (Å²) in [6.45, 7) is 2.66. The van der Waals surface area contributed by atoms with E-state index in [2.05, 4.69) is 14.9 Å². The third kappa shape index (κ3) is 4.10. The Morgan fingerprint density at radius 3 is 2.74 bits per heavy atom. The normalized spacial score (nSPS) is 14.6. The molecule has 3 aromatic rings. The van der Waals surface area contributed by atoms with E-state index in [0.29, 0.717) is 28.9 Å². The Morgan fingerprint density at radius 1 is 1.19 bits per heavy atom. The van der Waals surface area contributed by atoms with Gasteiger partial charge in [0.25, 0.3) is 5.91 Å². The van der Waals surface area contributed by atoms with Crippen LogP contribution in [-0.2, 0) is 4.79 Å². The molecule has 0 aliphatic carbocycles. The Hall–Kier alpha value is -2.09. The van der Waals surface area contributed by atoms with E-state index < -0.39 is 0 Å². The van der Waals surface area contributed by atoms with Crippen LogP contribution in [0.1, 0.15) is 0 Å². The van der Waals surface area contributed by atoms with Crippen LogP contribution in [0, 0.1) is 0 Å². The summed E-state index contributed by atoms with van der Waals surface area (Å²) in [6.07, 6.45) is 1.77. The first-order valence-electron chi connectivity index (χ1n) is 8.42. The number of nitrogens with zero attached hydrogens (tertiary/aromatic N) is 4. The zero-order chi connectivity index (χ0) is 18.8. The zero-order valence-corrected chi connectivity index (χ0v) is 16.6. The number of hydrogen-bond donors (Lipinski definition) is 0. The molecule has 0 bridgehead atoms. The molecule has 0 unspecified atom stereocenters. The minimum absolute atomic E-state index is 0.0492. The lowest BCUT2D eigenvalue weighted by Gasteiger charge is -2.34. The van der Waals surface area contributed by atoms with Crippen molar-refractivity contribution in [2.45, 2.75) is 0 Å². The number of anilines is 1. The fourth-order valence-electron chi connectivity index (χ4n) is 2.86. The largest absolute Gasteiger partial charge is 0.482 e. The molecule has 3 heterocycles. The number of piperazine rings is 1. The lowest BCUT2D eigenvalue weighted by atomic mass is 10.3. The summed E-state index contributed by atoms with van der Waals surface area (Å²) < 4.78 is 5.54. The Morgan fingerprint density at radius 2 is 2.00 bits per heavy atom. The number of fused-ring (bicyclic) bond motifs is 1. The molecule has 0 N–H and O–H groups in total. The number of halogens is 2. The summed E-state index contributed by atoms with van der Waals surface area (Å²) in [5.41, 5.74) is 0.907. The Labute approximate surface area is 170 Å².